The Bertz CT molecular complexity index is 1390. The van der Waals surface area contributed by atoms with Crippen LogP contribution < -0.4 is 20.3 Å². The Labute approximate surface area is 219 Å². The molecule has 1 fully saturated rings. The molecule has 1 aliphatic rings. The second-order valence-electron chi connectivity index (χ2n) is 9.05. The number of aliphatic hydroxyl groups excluding tert-OH is 1. The maximum absolute atomic E-state index is 11.6. The number of carbonyl (C=O) groups is 1. The average molecular weight is 516 g/mol. The highest BCUT2D eigenvalue weighted by Gasteiger charge is 2.22. The van der Waals surface area contributed by atoms with E-state index in [0.29, 0.717) is 29.2 Å². The third kappa shape index (κ3) is 5.90. The Hall–Kier alpha value is -3.95. The zero-order chi connectivity index (χ0) is 25.8. The van der Waals surface area contributed by atoms with Gasteiger partial charge in [-0.05, 0) is 79.6 Å². The van der Waals surface area contributed by atoms with Gasteiger partial charge in [0, 0.05) is 36.2 Å². The van der Waals surface area contributed by atoms with Crippen molar-refractivity contribution in [2.24, 2.45) is 5.92 Å². The molecule has 0 bridgehead atoms. The van der Waals surface area contributed by atoms with Crippen LogP contribution in [0, 0.1) is 5.92 Å². The van der Waals surface area contributed by atoms with Crippen molar-refractivity contribution < 1.29 is 14.6 Å². The normalized spacial score (nSPS) is 14.8. The number of anilines is 4. The number of ether oxygens (including phenoxy) is 1. The fourth-order valence-electron chi connectivity index (χ4n) is 4.43. The number of benzene rings is 2. The van der Waals surface area contributed by atoms with Crippen molar-refractivity contribution in [2.45, 2.75) is 25.9 Å². The number of piperidine rings is 1. The number of nitrogens with one attached hydrogen (secondary N) is 2. The molecule has 1 atom stereocenters. The molecule has 3 heterocycles. The summed E-state index contributed by atoms with van der Waals surface area (Å²) in [6.45, 7) is 7.25. The Kier molecular flexibility index (Phi) is 7.34. The molecule has 9 heteroatoms. The first-order valence-electron chi connectivity index (χ1n) is 12.2. The zero-order valence-electron chi connectivity index (χ0n) is 20.6. The van der Waals surface area contributed by atoms with Crippen molar-refractivity contribution in [3.8, 4) is 11.6 Å². The molecule has 0 spiro atoms. The Morgan fingerprint density at radius 2 is 1.95 bits per heavy atom. The van der Waals surface area contributed by atoms with Crippen molar-refractivity contribution >= 4 is 50.5 Å². The van der Waals surface area contributed by atoms with Gasteiger partial charge in [-0.3, -0.25) is 4.79 Å². The summed E-state index contributed by atoms with van der Waals surface area (Å²) in [6, 6.07) is 17.3. The highest BCUT2D eigenvalue weighted by atomic mass is 32.1. The SMILES string of the molecule is C=CC(=O)Nc1cccc(Oc2nc(Nc3ccc(N4CCC(C(C)O)CC4)cc3)nc3ccsc23)c1. The number of aliphatic hydroxyl groups is 1. The van der Waals surface area contributed by atoms with E-state index in [1.165, 1.54) is 17.4 Å². The van der Waals surface area contributed by atoms with Gasteiger partial charge in [-0.1, -0.05) is 12.6 Å². The molecule has 0 radical (unpaired) electrons. The summed E-state index contributed by atoms with van der Waals surface area (Å²) in [4.78, 5) is 23.3. The topological polar surface area (TPSA) is 99.6 Å². The molecule has 1 saturated heterocycles. The van der Waals surface area contributed by atoms with E-state index in [9.17, 15) is 9.90 Å². The molecule has 3 N–H and O–H groups in total. The van der Waals surface area contributed by atoms with Crippen LogP contribution in [0.3, 0.4) is 0 Å². The van der Waals surface area contributed by atoms with E-state index in [4.69, 9.17) is 4.74 Å². The summed E-state index contributed by atoms with van der Waals surface area (Å²) in [6.07, 6.45) is 2.97. The van der Waals surface area contributed by atoms with Crippen molar-refractivity contribution in [2.75, 3.05) is 28.6 Å². The van der Waals surface area contributed by atoms with E-state index < -0.39 is 0 Å². The van der Waals surface area contributed by atoms with Crippen molar-refractivity contribution in [1.82, 2.24) is 9.97 Å². The van der Waals surface area contributed by atoms with Crippen LogP contribution in [0.15, 0.2) is 72.6 Å². The minimum atomic E-state index is -0.290. The number of carbonyl (C=O) groups excluding carboxylic acids is 1. The molecular weight excluding hydrogens is 486 g/mol. The van der Waals surface area contributed by atoms with Crippen LogP contribution in [-0.2, 0) is 4.79 Å². The van der Waals surface area contributed by atoms with Crippen LogP contribution in [0.4, 0.5) is 23.0 Å². The van der Waals surface area contributed by atoms with Crippen molar-refractivity contribution in [3.05, 3.63) is 72.6 Å². The maximum Gasteiger partial charge on any atom is 0.247 e. The third-order valence-electron chi connectivity index (χ3n) is 6.48. The van der Waals surface area contributed by atoms with E-state index in [2.05, 4.69) is 44.2 Å². The Morgan fingerprint density at radius 3 is 2.68 bits per heavy atom. The van der Waals surface area contributed by atoms with Gasteiger partial charge in [-0.15, -0.1) is 11.3 Å². The summed E-state index contributed by atoms with van der Waals surface area (Å²) < 4.78 is 6.96. The molecule has 2 aromatic carbocycles. The molecule has 37 heavy (non-hydrogen) atoms. The highest BCUT2D eigenvalue weighted by molar-refractivity contribution is 7.17. The molecule has 5 rings (SSSR count). The van der Waals surface area contributed by atoms with Gasteiger partial charge in [0.25, 0.3) is 0 Å². The number of amides is 1. The summed E-state index contributed by atoms with van der Waals surface area (Å²) >= 11 is 1.50. The van der Waals surface area contributed by atoms with Gasteiger partial charge in [-0.25, -0.2) is 4.98 Å². The maximum atomic E-state index is 11.6. The number of aromatic nitrogens is 2. The minimum absolute atomic E-state index is 0.245. The van der Waals surface area contributed by atoms with Gasteiger partial charge in [-0.2, -0.15) is 4.98 Å². The molecule has 8 nitrogen and oxygen atoms in total. The van der Waals surface area contributed by atoms with E-state index in [1.54, 1.807) is 24.3 Å². The molecule has 4 aromatic rings. The minimum Gasteiger partial charge on any atom is -0.437 e. The van der Waals surface area contributed by atoms with Gasteiger partial charge in [0.15, 0.2) is 0 Å². The van der Waals surface area contributed by atoms with Crippen molar-refractivity contribution in [3.63, 3.8) is 0 Å². The van der Waals surface area contributed by atoms with Gasteiger partial charge in [0.2, 0.25) is 17.7 Å². The first kappa shape index (κ1) is 24.7. The molecule has 1 amide bonds. The lowest BCUT2D eigenvalue weighted by Gasteiger charge is -2.34. The van der Waals surface area contributed by atoms with Crippen molar-refractivity contribution in [1.29, 1.82) is 0 Å². The first-order chi connectivity index (χ1) is 18.0. The van der Waals surface area contributed by atoms with E-state index >= 15 is 0 Å². The standard InChI is InChI=1S/C28H29N5O3S/c1-3-25(35)29-21-5-4-6-23(17-21)36-27-26-24(13-16-37-26)31-28(32-27)30-20-7-9-22(10-8-20)33-14-11-19(12-15-33)18(2)34/h3-10,13,16-19,34H,1,11-12,14-15H2,2H3,(H,29,35)(H,30,31,32). The fraction of sp³-hybridized carbons (Fsp3) is 0.250. The zero-order valence-corrected chi connectivity index (χ0v) is 21.4. The van der Waals surface area contributed by atoms with Gasteiger partial charge < -0.3 is 25.4 Å². The largest absolute Gasteiger partial charge is 0.437 e. The Balaban J connectivity index is 1.31. The van der Waals surface area contributed by atoms with Crippen LogP contribution in [0.2, 0.25) is 0 Å². The fourth-order valence-corrected chi connectivity index (χ4v) is 5.18. The molecule has 190 valence electrons. The van der Waals surface area contributed by atoms with Gasteiger partial charge in [0.05, 0.1) is 11.6 Å². The van der Waals surface area contributed by atoms with Gasteiger partial charge >= 0.3 is 0 Å². The van der Waals surface area contributed by atoms with Crippen LogP contribution in [0.25, 0.3) is 10.2 Å². The predicted octanol–water partition coefficient (Wildman–Crippen LogP) is 5.95. The molecule has 0 aliphatic carbocycles. The first-order valence-corrected chi connectivity index (χ1v) is 13.1. The third-order valence-corrected chi connectivity index (χ3v) is 7.38. The lowest BCUT2D eigenvalue weighted by molar-refractivity contribution is -0.111. The lowest BCUT2D eigenvalue weighted by Crippen LogP contribution is -2.36. The highest BCUT2D eigenvalue weighted by Crippen LogP contribution is 2.34. The second kappa shape index (κ2) is 11.0. The number of thiophene rings is 1. The van der Waals surface area contributed by atoms with Crippen LogP contribution in [0.5, 0.6) is 11.6 Å². The molecular formula is C28H29N5O3S. The lowest BCUT2D eigenvalue weighted by atomic mass is 9.92. The molecule has 1 aliphatic heterocycles. The number of fused-ring (bicyclic) bond motifs is 1. The van der Waals surface area contributed by atoms with Crippen LogP contribution in [0.1, 0.15) is 19.8 Å². The molecule has 0 saturated carbocycles. The second-order valence-corrected chi connectivity index (χ2v) is 9.96. The smallest absolute Gasteiger partial charge is 0.247 e. The number of hydrogen-bond donors (Lipinski definition) is 3. The number of rotatable bonds is 8. The monoisotopic (exact) mass is 515 g/mol. The summed E-state index contributed by atoms with van der Waals surface area (Å²) in [5.41, 5.74) is 3.42. The summed E-state index contributed by atoms with van der Waals surface area (Å²) in [5, 5.41) is 17.8. The van der Waals surface area contributed by atoms with Crippen LogP contribution in [-0.4, -0.2) is 40.2 Å². The van der Waals surface area contributed by atoms with E-state index in [0.717, 1.165) is 47.5 Å². The molecule has 1 unspecified atom stereocenters. The van der Waals surface area contributed by atoms with Crippen LogP contribution >= 0.6 is 11.3 Å². The average Bonchev–Trinajstić information content (AvgIpc) is 3.38. The van der Waals surface area contributed by atoms with E-state index in [1.807, 2.05) is 30.5 Å². The quantitative estimate of drug-likeness (QED) is 0.249. The van der Waals surface area contributed by atoms with E-state index in [-0.39, 0.29) is 12.0 Å². The van der Waals surface area contributed by atoms with Gasteiger partial charge in [0.1, 0.15) is 10.4 Å². The molecule has 2 aromatic heterocycles. The summed E-state index contributed by atoms with van der Waals surface area (Å²) in [5.74, 6) is 1.51. The number of hydrogen-bond acceptors (Lipinski definition) is 8. The number of nitrogens with zero attached hydrogens (tertiary/aromatic N) is 3. The summed E-state index contributed by atoms with van der Waals surface area (Å²) in [7, 11) is 0. The Morgan fingerprint density at radius 1 is 1.16 bits per heavy atom. The predicted molar refractivity (Wildman–Crippen MR) is 149 cm³/mol.